The van der Waals surface area contributed by atoms with Crippen LogP contribution in [0.3, 0.4) is 0 Å². The van der Waals surface area contributed by atoms with Crippen molar-refractivity contribution in [2.75, 3.05) is 72.6 Å². The molecule has 0 heterocycles. The number of nitrogens with one attached hydrogen (secondary N) is 2. The van der Waals surface area contributed by atoms with Gasteiger partial charge in [0.15, 0.2) is 0 Å². The lowest BCUT2D eigenvalue weighted by atomic mass is 10.1. The summed E-state index contributed by atoms with van der Waals surface area (Å²) < 4.78 is 123. The molecule has 0 aromatic rings. The zero-order valence-electron chi connectivity index (χ0n) is 23.0. The minimum absolute atomic E-state index is 0.127. The first-order valence-corrected chi connectivity index (χ1v) is 19.6. The Bertz CT molecular complexity index is 1040. The lowest BCUT2D eigenvalue weighted by Crippen LogP contribution is -2.25. The van der Waals surface area contributed by atoms with Crippen LogP contribution in [0.2, 0.25) is 0 Å². The second-order valence-corrected chi connectivity index (χ2v) is 15.1. The number of phosphoric ester groups is 5. The number of hydrogen-bond acceptors (Lipinski definition) is 16. The molecule has 6 unspecified atom stereocenters. The fourth-order valence-corrected chi connectivity index (χ4v) is 5.70. The predicted molar refractivity (Wildman–Crippen MR) is 140 cm³/mol. The third-order valence-electron chi connectivity index (χ3n) is 4.51. The van der Waals surface area contributed by atoms with Crippen LogP contribution in [-0.4, -0.2) is 102 Å². The smallest absolute Gasteiger partial charge is 0.303 e. The molecule has 0 saturated carbocycles. The quantitative estimate of drug-likeness (QED) is 0.0302. The standard InChI is InChI=1S/C15H37F2N2O20P5/c1-2-14(9-18-16)11-38-43(27,28)35-7-5-33-41(23,24)31-3-4-32-42(25,26)34-6-8-36-44(29,30)39-13-15(10-19-17)12-37-40(20,21)22/h14-15,18-19H,2-13H2,1H3,(H,23,24)(H,25,26)(H,27,28)(H,29,30)(H2,20,21,22). The van der Waals surface area contributed by atoms with Gasteiger partial charge in [0, 0.05) is 19.0 Å². The number of phosphoric acid groups is 5. The largest absolute Gasteiger partial charge is 0.472 e. The van der Waals surface area contributed by atoms with Crippen LogP contribution in [0.1, 0.15) is 13.3 Å². The molecular formula is C15H37F2N2O20P5. The van der Waals surface area contributed by atoms with E-state index in [1.807, 2.05) is 0 Å². The number of rotatable bonds is 29. The molecule has 0 aliphatic rings. The minimum atomic E-state index is -4.90. The molecule has 0 aliphatic heterocycles. The Labute approximate surface area is 250 Å². The third kappa shape index (κ3) is 25.4. The zero-order valence-corrected chi connectivity index (χ0v) is 27.5. The predicted octanol–water partition coefficient (Wildman–Crippen LogP) is 1.22. The Balaban J connectivity index is 4.26. The highest BCUT2D eigenvalue weighted by atomic mass is 31.2. The maximum Gasteiger partial charge on any atom is 0.472 e. The first-order valence-electron chi connectivity index (χ1n) is 12.1. The first kappa shape index (κ1) is 44.3. The van der Waals surface area contributed by atoms with Crippen molar-refractivity contribution >= 4 is 39.1 Å². The Kier molecular flexibility index (Phi) is 22.2. The van der Waals surface area contributed by atoms with Crippen molar-refractivity contribution in [3.05, 3.63) is 0 Å². The van der Waals surface area contributed by atoms with E-state index in [-0.39, 0.29) is 13.2 Å². The van der Waals surface area contributed by atoms with Gasteiger partial charge in [-0.1, -0.05) is 6.92 Å². The molecule has 29 heteroatoms. The highest BCUT2D eigenvalue weighted by Crippen LogP contribution is 2.48. The van der Waals surface area contributed by atoms with Gasteiger partial charge in [0.05, 0.1) is 59.5 Å². The second-order valence-electron chi connectivity index (χ2n) is 8.07. The SMILES string of the molecule is CCC(CNF)COP(=O)(O)OCCOP(=O)(O)OCCOP(=O)(O)OCCOP(=O)(O)OCC(CNF)COP(=O)(O)O. The summed E-state index contributed by atoms with van der Waals surface area (Å²) in [5.41, 5.74) is 2.56. The molecule has 0 rings (SSSR count). The van der Waals surface area contributed by atoms with Gasteiger partial charge in [-0.25, -0.2) is 22.8 Å². The van der Waals surface area contributed by atoms with Crippen molar-refractivity contribution in [1.82, 2.24) is 11.1 Å². The molecule has 0 aliphatic carbocycles. The summed E-state index contributed by atoms with van der Waals surface area (Å²) in [7, 11) is -23.9. The molecule has 266 valence electrons. The number of halogens is 2. The zero-order chi connectivity index (χ0) is 33.9. The molecule has 0 spiro atoms. The van der Waals surface area contributed by atoms with Gasteiger partial charge >= 0.3 is 39.1 Å². The Morgan fingerprint density at radius 1 is 0.500 bits per heavy atom. The molecule has 0 radical (unpaired) electrons. The van der Waals surface area contributed by atoms with Gasteiger partial charge in [0.2, 0.25) is 0 Å². The maximum atomic E-state index is 12.3. The summed E-state index contributed by atoms with van der Waals surface area (Å²) in [4.78, 5) is 55.5. The number of hydrogen-bond donors (Lipinski definition) is 8. The van der Waals surface area contributed by atoms with Gasteiger partial charge in [-0.2, -0.15) is 11.1 Å². The van der Waals surface area contributed by atoms with E-state index < -0.39 is 110 Å². The monoisotopic (exact) mass is 758 g/mol. The second kappa shape index (κ2) is 22.1. The first-order chi connectivity index (χ1) is 20.3. The molecule has 0 amide bonds. The van der Waals surface area contributed by atoms with Crippen LogP contribution in [0.4, 0.5) is 8.96 Å². The van der Waals surface area contributed by atoms with E-state index >= 15 is 0 Å². The van der Waals surface area contributed by atoms with Crippen molar-refractivity contribution in [1.29, 1.82) is 0 Å². The summed E-state index contributed by atoms with van der Waals surface area (Å²) in [6, 6.07) is 0. The van der Waals surface area contributed by atoms with Crippen LogP contribution in [0.25, 0.3) is 0 Å². The van der Waals surface area contributed by atoms with Crippen LogP contribution in [0, 0.1) is 11.8 Å². The Morgan fingerprint density at radius 2 is 0.773 bits per heavy atom. The van der Waals surface area contributed by atoms with E-state index in [2.05, 4.69) is 40.7 Å². The van der Waals surface area contributed by atoms with Crippen LogP contribution < -0.4 is 11.1 Å². The molecule has 0 fully saturated rings. The summed E-state index contributed by atoms with van der Waals surface area (Å²) in [6.45, 7) is -5.46. The minimum Gasteiger partial charge on any atom is -0.303 e. The molecule has 22 nitrogen and oxygen atoms in total. The van der Waals surface area contributed by atoms with E-state index in [9.17, 15) is 51.4 Å². The van der Waals surface area contributed by atoms with E-state index in [0.717, 1.165) is 0 Å². The van der Waals surface area contributed by atoms with Gasteiger partial charge in [-0.15, -0.1) is 8.96 Å². The normalized spacial score (nSPS) is 19.4. The summed E-state index contributed by atoms with van der Waals surface area (Å²) in [5.74, 6) is -1.56. The van der Waals surface area contributed by atoms with Gasteiger partial charge in [-0.3, -0.25) is 40.7 Å². The molecule has 0 aromatic heterocycles. The lowest BCUT2D eigenvalue weighted by Gasteiger charge is -2.18. The van der Waals surface area contributed by atoms with Crippen LogP contribution >= 0.6 is 39.1 Å². The Morgan fingerprint density at radius 3 is 1.07 bits per heavy atom. The Hall–Kier alpha value is 0.330. The highest BCUT2D eigenvalue weighted by molar-refractivity contribution is 7.48. The molecule has 8 N–H and O–H groups in total. The summed E-state index contributed by atoms with van der Waals surface area (Å²) in [5, 5.41) is 0. The van der Waals surface area contributed by atoms with E-state index in [4.69, 9.17) is 9.79 Å². The van der Waals surface area contributed by atoms with Crippen molar-refractivity contribution in [3.8, 4) is 0 Å². The van der Waals surface area contributed by atoms with Crippen molar-refractivity contribution < 1.29 is 102 Å². The fraction of sp³-hybridized carbons (Fsp3) is 1.00. The van der Waals surface area contributed by atoms with E-state index in [0.29, 0.717) is 6.42 Å². The third-order valence-corrected chi connectivity index (χ3v) is 9.00. The van der Waals surface area contributed by atoms with Crippen LogP contribution in [0.5, 0.6) is 0 Å². The molecular weight excluding hydrogens is 721 g/mol. The van der Waals surface area contributed by atoms with Crippen molar-refractivity contribution in [2.45, 2.75) is 13.3 Å². The van der Waals surface area contributed by atoms with Gasteiger partial charge < -0.3 is 29.4 Å². The average molecular weight is 758 g/mol. The summed E-state index contributed by atoms with van der Waals surface area (Å²) in [6.07, 6.45) is 0.429. The molecule has 44 heavy (non-hydrogen) atoms. The van der Waals surface area contributed by atoms with Crippen LogP contribution in [0.15, 0.2) is 0 Å². The fourth-order valence-electron chi connectivity index (χ4n) is 2.37. The lowest BCUT2D eigenvalue weighted by molar-refractivity contribution is 0.0725. The van der Waals surface area contributed by atoms with Crippen molar-refractivity contribution in [2.24, 2.45) is 11.8 Å². The summed E-state index contributed by atoms with van der Waals surface area (Å²) >= 11 is 0. The van der Waals surface area contributed by atoms with E-state index in [1.54, 1.807) is 6.92 Å². The van der Waals surface area contributed by atoms with Gasteiger partial charge in [-0.05, 0) is 12.3 Å². The molecule has 0 bridgehead atoms. The van der Waals surface area contributed by atoms with Gasteiger partial charge in [0.1, 0.15) is 0 Å². The topological polar surface area (TPSA) is 314 Å². The van der Waals surface area contributed by atoms with Crippen molar-refractivity contribution in [3.63, 3.8) is 0 Å². The van der Waals surface area contributed by atoms with Crippen LogP contribution in [-0.2, 0) is 63.5 Å². The highest BCUT2D eigenvalue weighted by Gasteiger charge is 2.28. The average Bonchev–Trinajstić information content (AvgIpc) is 2.91. The molecule has 6 atom stereocenters. The maximum absolute atomic E-state index is 12.3. The van der Waals surface area contributed by atoms with E-state index in [1.165, 1.54) is 11.1 Å². The molecule has 0 aromatic carbocycles. The van der Waals surface area contributed by atoms with Gasteiger partial charge in [0.25, 0.3) is 0 Å². The molecule has 0 saturated heterocycles.